The van der Waals surface area contributed by atoms with Gasteiger partial charge < -0.3 is 5.32 Å². The van der Waals surface area contributed by atoms with Crippen LogP contribution in [0.5, 0.6) is 0 Å². The van der Waals surface area contributed by atoms with Crippen LogP contribution in [0.25, 0.3) is 0 Å². The molecule has 0 saturated carbocycles. The average Bonchev–Trinajstić information content (AvgIpc) is 2.63. The van der Waals surface area contributed by atoms with Crippen LogP contribution in [0.4, 0.5) is 0 Å². The summed E-state index contributed by atoms with van der Waals surface area (Å²) in [5, 5.41) is 3.07. The van der Waals surface area contributed by atoms with Gasteiger partial charge in [0.1, 0.15) is 5.78 Å². The number of hydrogen-bond donors (Lipinski definition) is 2. The number of Topliss-reactive ketones (excluding diaryl/α,β-unsaturated/α-hetero) is 1. The van der Waals surface area contributed by atoms with E-state index in [2.05, 4.69) is 28.6 Å². The SMILES string of the molecule is CCCCCCCC/C=C\CCCCCCC(NCCO[SH](=O)=O)C(C)=O. The fourth-order valence-corrected chi connectivity index (χ4v) is 3.29. The Labute approximate surface area is 168 Å². The molecule has 0 spiro atoms. The van der Waals surface area contributed by atoms with Crippen LogP contribution >= 0.6 is 0 Å². The van der Waals surface area contributed by atoms with Gasteiger partial charge in [0.15, 0.2) is 0 Å². The number of allylic oxidation sites excluding steroid dienone is 2. The van der Waals surface area contributed by atoms with Crippen molar-refractivity contribution in [2.45, 2.75) is 103 Å². The van der Waals surface area contributed by atoms with Gasteiger partial charge >= 0.3 is 0 Å². The Bertz CT molecular complexity index is 441. The van der Waals surface area contributed by atoms with E-state index >= 15 is 0 Å². The fraction of sp³-hybridized carbons (Fsp3) is 0.857. The number of carbonyl (C=O) groups excluding carboxylic acids is 1. The van der Waals surface area contributed by atoms with Crippen molar-refractivity contribution < 1.29 is 17.4 Å². The average molecular weight is 404 g/mol. The van der Waals surface area contributed by atoms with Gasteiger partial charge in [-0.05, 0) is 39.0 Å². The minimum absolute atomic E-state index is 0.0769. The van der Waals surface area contributed by atoms with E-state index in [1.54, 1.807) is 6.92 Å². The highest BCUT2D eigenvalue weighted by Crippen LogP contribution is 2.10. The molecule has 0 aromatic heterocycles. The number of rotatable bonds is 20. The number of carbonyl (C=O) groups is 1. The van der Waals surface area contributed by atoms with Gasteiger partial charge in [0.2, 0.25) is 0 Å². The van der Waals surface area contributed by atoms with Crippen LogP contribution in [0.15, 0.2) is 12.2 Å². The molecule has 0 aliphatic heterocycles. The molecule has 0 bridgehead atoms. The van der Waals surface area contributed by atoms with Crippen molar-refractivity contribution in [3.05, 3.63) is 12.2 Å². The van der Waals surface area contributed by atoms with Crippen molar-refractivity contribution in [1.82, 2.24) is 5.32 Å². The monoisotopic (exact) mass is 403 g/mol. The minimum Gasteiger partial charge on any atom is -0.305 e. The second-order valence-corrected chi connectivity index (χ2v) is 7.90. The molecule has 1 unspecified atom stereocenters. The van der Waals surface area contributed by atoms with E-state index in [4.69, 9.17) is 0 Å². The summed E-state index contributed by atoms with van der Waals surface area (Å²) in [7, 11) is -2.81. The Morgan fingerprint density at radius 1 is 0.926 bits per heavy atom. The van der Waals surface area contributed by atoms with Gasteiger partial charge in [-0.1, -0.05) is 70.4 Å². The standard InChI is InChI=1S/C21H41NO4S/c1-3-4-5-6-7-8-9-10-11-12-13-14-15-16-17-21(20(2)23)22-18-19-26-27(24)25/h10-11,21-22,27H,3-9,12-19H2,1-2H3/b11-10-. The van der Waals surface area contributed by atoms with Gasteiger partial charge in [-0.15, -0.1) is 0 Å². The van der Waals surface area contributed by atoms with Crippen molar-refractivity contribution in [1.29, 1.82) is 0 Å². The van der Waals surface area contributed by atoms with Crippen LogP contribution in [-0.2, 0) is 20.0 Å². The summed E-state index contributed by atoms with van der Waals surface area (Å²) in [6.45, 7) is 4.27. The van der Waals surface area contributed by atoms with Gasteiger partial charge in [-0.3, -0.25) is 8.98 Å². The first-order valence-corrected chi connectivity index (χ1v) is 11.8. The Hall–Kier alpha value is -0.720. The predicted molar refractivity (Wildman–Crippen MR) is 114 cm³/mol. The quantitative estimate of drug-likeness (QED) is 0.175. The molecule has 0 aliphatic rings. The third-order valence-electron chi connectivity index (χ3n) is 4.68. The first-order valence-electron chi connectivity index (χ1n) is 10.7. The summed E-state index contributed by atoms with van der Waals surface area (Å²) in [6.07, 6.45) is 20.4. The number of nitrogens with one attached hydrogen (secondary N) is 1. The second kappa shape index (κ2) is 20.0. The van der Waals surface area contributed by atoms with Crippen LogP contribution in [0.2, 0.25) is 0 Å². The molecule has 160 valence electrons. The van der Waals surface area contributed by atoms with Crippen LogP contribution in [0, 0.1) is 0 Å². The topological polar surface area (TPSA) is 72.5 Å². The number of ketones is 1. The van der Waals surface area contributed by atoms with Crippen LogP contribution in [-0.4, -0.2) is 33.4 Å². The van der Waals surface area contributed by atoms with E-state index in [9.17, 15) is 13.2 Å². The summed E-state index contributed by atoms with van der Waals surface area (Å²) < 4.78 is 25.1. The molecule has 0 rings (SSSR count). The first-order chi connectivity index (χ1) is 13.1. The number of unbranched alkanes of at least 4 members (excludes halogenated alkanes) is 10. The van der Waals surface area contributed by atoms with E-state index in [1.165, 1.54) is 57.8 Å². The fourth-order valence-electron chi connectivity index (χ4n) is 3.04. The molecule has 0 radical (unpaired) electrons. The Morgan fingerprint density at radius 3 is 2.04 bits per heavy atom. The molecule has 0 aromatic carbocycles. The van der Waals surface area contributed by atoms with E-state index < -0.39 is 11.0 Å². The van der Waals surface area contributed by atoms with Crippen molar-refractivity contribution in [2.24, 2.45) is 0 Å². The largest absolute Gasteiger partial charge is 0.305 e. The number of thiol groups is 1. The summed E-state index contributed by atoms with van der Waals surface area (Å²) >= 11 is 0. The molecule has 1 N–H and O–H groups in total. The van der Waals surface area contributed by atoms with E-state index in [-0.39, 0.29) is 18.4 Å². The Balaban J connectivity index is 3.51. The second-order valence-electron chi connectivity index (χ2n) is 7.19. The van der Waals surface area contributed by atoms with E-state index in [0.29, 0.717) is 6.54 Å². The van der Waals surface area contributed by atoms with Crippen molar-refractivity contribution in [3.63, 3.8) is 0 Å². The van der Waals surface area contributed by atoms with Crippen LogP contribution in [0.3, 0.4) is 0 Å². The zero-order valence-corrected chi connectivity index (χ0v) is 18.3. The zero-order chi connectivity index (χ0) is 20.2. The van der Waals surface area contributed by atoms with E-state index in [1.807, 2.05) is 0 Å². The zero-order valence-electron chi connectivity index (χ0n) is 17.4. The van der Waals surface area contributed by atoms with Crippen molar-refractivity contribution in [3.8, 4) is 0 Å². The molecule has 0 aliphatic carbocycles. The maximum atomic E-state index is 11.6. The molecule has 0 amide bonds. The molecule has 0 saturated heterocycles. The van der Waals surface area contributed by atoms with Crippen LogP contribution in [0.1, 0.15) is 97.3 Å². The molecule has 1 atom stereocenters. The van der Waals surface area contributed by atoms with Gasteiger partial charge in [0.05, 0.1) is 12.6 Å². The third kappa shape index (κ3) is 19.8. The normalized spacial score (nSPS) is 12.9. The summed E-state index contributed by atoms with van der Waals surface area (Å²) in [5.74, 6) is 0.0964. The van der Waals surface area contributed by atoms with Crippen molar-refractivity contribution >= 4 is 16.8 Å². The summed E-state index contributed by atoms with van der Waals surface area (Å²) in [6, 6.07) is -0.199. The Kier molecular flexibility index (Phi) is 19.5. The lowest BCUT2D eigenvalue weighted by Crippen LogP contribution is -2.37. The molecule has 0 heterocycles. The molecule has 0 fully saturated rings. The lowest BCUT2D eigenvalue weighted by molar-refractivity contribution is -0.119. The third-order valence-corrected chi connectivity index (χ3v) is 5.08. The molecule has 27 heavy (non-hydrogen) atoms. The molecule has 6 heteroatoms. The smallest absolute Gasteiger partial charge is 0.257 e. The van der Waals surface area contributed by atoms with Gasteiger partial charge in [-0.2, -0.15) is 0 Å². The van der Waals surface area contributed by atoms with Gasteiger partial charge in [0, 0.05) is 6.54 Å². The maximum absolute atomic E-state index is 11.6. The Morgan fingerprint density at radius 2 is 1.48 bits per heavy atom. The highest BCUT2D eigenvalue weighted by atomic mass is 32.2. The maximum Gasteiger partial charge on any atom is 0.257 e. The molecule has 0 aromatic rings. The lowest BCUT2D eigenvalue weighted by atomic mass is 10.0. The van der Waals surface area contributed by atoms with E-state index in [0.717, 1.165) is 25.7 Å². The highest BCUT2D eigenvalue weighted by molar-refractivity contribution is 7.67. The molecule has 5 nitrogen and oxygen atoms in total. The van der Waals surface area contributed by atoms with Crippen LogP contribution < -0.4 is 5.32 Å². The highest BCUT2D eigenvalue weighted by Gasteiger charge is 2.12. The minimum atomic E-state index is -2.81. The molecular weight excluding hydrogens is 362 g/mol. The number of hydrogen-bond acceptors (Lipinski definition) is 5. The summed E-state index contributed by atoms with van der Waals surface area (Å²) in [5.41, 5.74) is 0. The lowest BCUT2D eigenvalue weighted by Gasteiger charge is -2.15. The molecular formula is C21H41NO4S. The van der Waals surface area contributed by atoms with Crippen molar-refractivity contribution in [2.75, 3.05) is 13.2 Å². The predicted octanol–water partition coefficient (Wildman–Crippen LogP) is 4.72. The van der Waals surface area contributed by atoms with Gasteiger partial charge in [0.25, 0.3) is 11.0 Å². The summed E-state index contributed by atoms with van der Waals surface area (Å²) in [4.78, 5) is 11.6. The van der Waals surface area contributed by atoms with Gasteiger partial charge in [-0.25, -0.2) is 8.42 Å². The first kappa shape index (κ1) is 26.3.